The third kappa shape index (κ3) is 6.79. The zero-order chi connectivity index (χ0) is 12.8. The summed E-state index contributed by atoms with van der Waals surface area (Å²) in [6.07, 6.45) is 1.49. The molecule has 1 aromatic carbocycles. The first-order valence-electron chi connectivity index (χ1n) is 4.97. The maximum atomic E-state index is 10.4. The quantitative estimate of drug-likeness (QED) is 0.699. The SMILES string of the molecule is C=Cc1ccccc1C(=O)[O-].C[N+](C)(C)C. The van der Waals surface area contributed by atoms with Crippen molar-refractivity contribution < 1.29 is 14.4 Å². The summed E-state index contributed by atoms with van der Waals surface area (Å²) < 4.78 is 1.00. The summed E-state index contributed by atoms with van der Waals surface area (Å²) in [6.45, 7) is 3.48. The monoisotopic (exact) mass is 221 g/mol. The average Bonchev–Trinajstić information content (AvgIpc) is 2.15. The first-order valence-corrected chi connectivity index (χ1v) is 4.97. The second kappa shape index (κ2) is 6.08. The van der Waals surface area contributed by atoms with Gasteiger partial charge in [0.2, 0.25) is 0 Å². The number of nitrogens with zero attached hydrogens (tertiary/aromatic N) is 1. The van der Waals surface area contributed by atoms with Gasteiger partial charge in [0.1, 0.15) is 0 Å². The van der Waals surface area contributed by atoms with Gasteiger partial charge in [0, 0.05) is 5.56 Å². The van der Waals surface area contributed by atoms with E-state index in [-0.39, 0.29) is 5.56 Å². The number of hydrogen-bond acceptors (Lipinski definition) is 2. The molecular weight excluding hydrogens is 202 g/mol. The number of carbonyl (C=O) groups excluding carboxylic acids is 1. The molecule has 0 aliphatic carbocycles. The van der Waals surface area contributed by atoms with Gasteiger partial charge in [0.15, 0.2) is 0 Å². The first-order chi connectivity index (χ1) is 7.25. The molecule has 0 fully saturated rings. The van der Waals surface area contributed by atoms with Crippen LogP contribution in [0.5, 0.6) is 0 Å². The summed E-state index contributed by atoms with van der Waals surface area (Å²) in [7, 11) is 8.50. The van der Waals surface area contributed by atoms with Crippen molar-refractivity contribution in [1.82, 2.24) is 0 Å². The topological polar surface area (TPSA) is 40.1 Å². The molecule has 0 radical (unpaired) electrons. The molecule has 0 spiro atoms. The molecule has 3 nitrogen and oxygen atoms in total. The molecule has 0 heterocycles. The molecule has 0 aliphatic rings. The summed E-state index contributed by atoms with van der Waals surface area (Å²) in [5.41, 5.74) is 0.773. The van der Waals surface area contributed by atoms with Crippen LogP contribution in [0.1, 0.15) is 15.9 Å². The molecule has 0 saturated heterocycles. The Hall–Kier alpha value is -1.61. The third-order valence-corrected chi connectivity index (χ3v) is 1.40. The van der Waals surface area contributed by atoms with Gasteiger partial charge < -0.3 is 14.4 Å². The van der Waals surface area contributed by atoms with Crippen molar-refractivity contribution in [3.8, 4) is 0 Å². The third-order valence-electron chi connectivity index (χ3n) is 1.40. The van der Waals surface area contributed by atoms with Gasteiger partial charge in [0.05, 0.1) is 34.2 Å². The first kappa shape index (κ1) is 14.4. The molecule has 3 heteroatoms. The fourth-order valence-corrected chi connectivity index (χ4v) is 0.861. The van der Waals surface area contributed by atoms with Crippen LogP contribution in [0.25, 0.3) is 6.08 Å². The van der Waals surface area contributed by atoms with Gasteiger partial charge >= 0.3 is 0 Å². The van der Waals surface area contributed by atoms with Crippen LogP contribution >= 0.6 is 0 Å². The van der Waals surface area contributed by atoms with Crippen LogP contribution in [0.2, 0.25) is 0 Å². The lowest BCUT2D eigenvalue weighted by Crippen LogP contribution is -2.27. The number of carboxylic acids is 1. The Balaban J connectivity index is 0.000000385. The van der Waals surface area contributed by atoms with Gasteiger partial charge in [-0.1, -0.05) is 36.9 Å². The number of carboxylic acid groups (broad SMARTS) is 1. The Morgan fingerprint density at radius 1 is 1.25 bits per heavy atom. The molecule has 16 heavy (non-hydrogen) atoms. The number of rotatable bonds is 2. The molecule has 0 N–H and O–H groups in total. The van der Waals surface area contributed by atoms with Gasteiger partial charge in [-0.3, -0.25) is 0 Å². The normalized spacial score (nSPS) is 10.0. The van der Waals surface area contributed by atoms with E-state index in [4.69, 9.17) is 0 Å². The van der Waals surface area contributed by atoms with Gasteiger partial charge in [-0.05, 0) is 5.56 Å². The highest BCUT2D eigenvalue weighted by molar-refractivity contribution is 5.90. The fourth-order valence-electron chi connectivity index (χ4n) is 0.861. The number of quaternary nitrogens is 1. The summed E-state index contributed by atoms with van der Waals surface area (Å²) in [6, 6.07) is 6.58. The van der Waals surface area contributed by atoms with Crippen molar-refractivity contribution in [1.29, 1.82) is 0 Å². The van der Waals surface area contributed by atoms with E-state index >= 15 is 0 Å². The standard InChI is InChI=1S/C9H8O2.C4H12N/c1-2-7-5-3-4-6-8(7)9(10)11;1-5(2,3)4/h2-6H,1H2,(H,10,11);1-4H3/q;+1/p-1. The second-order valence-corrected chi connectivity index (χ2v) is 4.76. The predicted molar refractivity (Wildman–Crippen MR) is 64.8 cm³/mol. The van der Waals surface area contributed by atoms with Crippen LogP contribution in [0.3, 0.4) is 0 Å². The highest BCUT2D eigenvalue weighted by atomic mass is 16.4. The van der Waals surface area contributed by atoms with Crippen molar-refractivity contribution in [3.63, 3.8) is 0 Å². The maximum absolute atomic E-state index is 10.4. The Kier molecular flexibility index (Phi) is 5.47. The zero-order valence-electron chi connectivity index (χ0n) is 10.4. The molecule has 0 aliphatic heterocycles. The lowest BCUT2D eigenvalue weighted by Gasteiger charge is -2.14. The maximum Gasteiger partial charge on any atom is 0.0721 e. The number of aromatic carboxylic acids is 1. The predicted octanol–water partition coefficient (Wildman–Crippen LogP) is 1.02. The Morgan fingerprint density at radius 2 is 1.69 bits per heavy atom. The van der Waals surface area contributed by atoms with Crippen molar-refractivity contribution in [3.05, 3.63) is 42.0 Å². The zero-order valence-corrected chi connectivity index (χ0v) is 10.4. The van der Waals surface area contributed by atoms with Gasteiger partial charge in [-0.15, -0.1) is 0 Å². The van der Waals surface area contributed by atoms with Crippen LogP contribution in [0.15, 0.2) is 30.8 Å². The average molecular weight is 221 g/mol. The van der Waals surface area contributed by atoms with E-state index in [9.17, 15) is 9.90 Å². The lowest BCUT2D eigenvalue weighted by molar-refractivity contribution is -0.849. The molecule has 1 aromatic rings. The molecule has 0 amide bonds. The Labute approximate surface area is 97.2 Å². The molecule has 0 aromatic heterocycles. The minimum absolute atomic E-state index is 0.183. The highest BCUT2D eigenvalue weighted by Crippen LogP contribution is 2.07. The second-order valence-electron chi connectivity index (χ2n) is 4.76. The van der Waals surface area contributed by atoms with Crippen molar-refractivity contribution >= 4 is 12.0 Å². The van der Waals surface area contributed by atoms with Crippen molar-refractivity contribution in [2.45, 2.75) is 0 Å². The summed E-state index contributed by atoms with van der Waals surface area (Å²) >= 11 is 0. The van der Waals surface area contributed by atoms with E-state index in [1.54, 1.807) is 18.2 Å². The molecular formula is C13H19NO2. The van der Waals surface area contributed by atoms with E-state index in [0.29, 0.717) is 5.56 Å². The van der Waals surface area contributed by atoms with Gasteiger partial charge in [0.25, 0.3) is 0 Å². The minimum atomic E-state index is -1.17. The molecule has 0 unspecified atom stereocenters. The molecule has 88 valence electrons. The molecule has 0 atom stereocenters. The van der Waals surface area contributed by atoms with Crippen LogP contribution in [-0.4, -0.2) is 38.6 Å². The van der Waals surface area contributed by atoms with E-state index in [1.807, 2.05) is 0 Å². The van der Waals surface area contributed by atoms with Gasteiger partial charge in [-0.2, -0.15) is 0 Å². The summed E-state index contributed by atoms with van der Waals surface area (Å²) in [4.78, 5) is 10.4. The lowest BCUT2D eigenvalue weighted by atomic mass is 10.1. The van der Waals surface area contributed by atoms with Crippen LogP contribution < -0.4 is 5.11 Å². The largest absolute Gasteiger partial charge is 0.545 e. The minimum Gasteiger partial charge on any atom is -0.545 e. The highest BCUT2D eigenvalue weighted by Gasteiger charge is 1.96. The van der Waals surface area contributed by atoms with Crippen LogP contribution in [-0.2, 0) is 0 Å². The summed E-state index contributed by atoms with van der Waals surface area (Å²) in [5, 5.41) is 10.4. The molecule has 0 bridgehead atoms. The number of benzene rings is 1. The molecule has 0 saturated carbocycles. The fraction of sp³-hybridized carbons (Fsp3) is 0.308. The van der Waals surface area contributed by atoms with Crippen molar-refractivity contribution in [2.24, 2.45) is 0 Å². The Morgan fingerprint density at radius 3 is 2.00 bits per heavy atom. The van der Waals surface area contributed by atoms with E-state index in [0.717, 1.165) is 4.48 Å². The number of carbonyl (C=O) groups is 1. The number of hydrogen-bond donors (Lipinski definition) is 0. The van der Waals surface area contributed by atoms with Crippen LogP contribution in [0.4, 0.5) is 0 Å². The van der Waals surface area contributed by atoms with E-state index < -0.39 is 5.97 Å². The van der Waals surface area contributed by atoms with Crippen molar-refractivity contribution in [2.75, 3.05) is 28.2 Å². The smallest absolute Gasteiger partial charge is 0.0721 e. The van der Waals surface area contributed by atoms with Crippen LogP contribution in [0, 0.1) is 0 Å². The van der Waals surface area contributed by atoms with E-state index in [2.05, 4.69) is 34.8 Å². The molecule has 1 rings (SSSR count). The van der Waals surface area contributed by atoms with Gasteiger partial charge in [-0.25, -0.2) is 0 Å². The van der Waals surface area contributed by atoms with E-state index in [1.165, 1.54) is 12.1 Å². The summed E-state index contributed by atoms with van der Waals surface area (Å²) in [5.74, 6) is -1.17. The Bertz CT molecular complexity index is 358.